The summed E-state index contributed by atoms with van der Waals surface area (Å²) in [7, 11) is 3.97. The number of hydrogen-bond acceptors (Lipinski definition) is 14. The molecule has 1 unspecified atom stereocenters. The van der Waals surface area contributed by atoms with E-state index in [9.17, 15) is 41.9 Å². The molecular formula is C42H70F3N5O13. The number of carbonyl (C=O) groups excluding carboxylic acids is 6. The fourth-order valence-corrected chi connectivity index (χ4v) is 7.58. The van der Waals surface area contributed by atoms with Crippen molar-refractivity contribution >= 4 is 35.4 Å². The van der Waals surface area contributed by atoms with E-state index in [1.807, 2.05) is 38.2 Å². The molecule has 21 heteroatoms. The Kier molecular flexibility index (Phi) is 21.6. The Bertz CT molecular complexity index is 1510. The third-order valence-corrected chi connectivity index (χ3v) is 11.5. The number of halogens is 3. The molecule has 2 aliphatic heterocycles. The van der Waals surface area contributed by atoms with Crippen molar-refractivity contribution < 1.29 is 75.1 Å². The summed E-state index contributed by atoms with van der Waals surface area (Å²) < 4.78 is 78.0. The number of rotatable bonds is 30. The zero-order valence-electron chi connectivity index (χ0n) is 38.1. The van der Waals surface area contributed by atoms with Crippen molar-refractivity contribution in [1.82, 2.24) is 25.8 Å². The third-order valence-electron chi connectivity index (χ3n) is 11.5. The highest BCUT2D eigenvalue weighted by Crippen LogP contribution is 2.65. The van der Waals surface area contributed by atoms with Gasteiger partial charge in [0.15, 0.2) is 12.4 Å². The standard InChI is InChI=1S/C42H70F3N5O13/c1-27(25-62-22-21-61-20-19-60-18-17-59-16-15-58-14-13-57-12-11-49(7)8)38(55)63-26-31(51)30(23-28-9-10-46-35(28)52)47-36(53)33-32-29(41(32,5)6)24-50(33)37(54)34(40(2,3)4)48-39(56)42(43,44)45/h27-30,32-34H,9-26H2,1-8H3,(H,46,52)(H,47,53)(H,48,56)/t27?,28-,29-,30-,32-,33-,34+/m0/s1. The maximum absolute atomic E-state index is 14.1. The Labute approximate surface area is 368 Å². The maximum Gasteiger partial charge on any atom is 0.471 e. The van der Waals surface area contributed by atoms with Crippen molar-refractivity contribution in [3.8, 4) is 0 Å². The molecule has 3 N–H and O–H groups in total. The van der Waals surface area contributed by atoms with Crippen LogP contribution in [-0.4, -0.2) is 189 Å². The molecule has 0 radical (unpaired) electrons. The third kappa shape index (κ3) is 17.5. The minimum Gasteiger partial charge on any atom is -0.457 e. The van der Waals surface area contributed by atoms with E-state index in [2.05, 4.69) is 10.6 Å². The first-order chi connectivity index (χ1) is 29.6. The van der Waals surface area contributed by atoms with Gasteiger partial charge in [-0.3, -0.25) is 28.8 Å². The zero-order chi connectivity index (χ0) is 47.0. The summed E-state index contributed by atoms with van der Waals surface area (Å²) in [5, 5.41) is 7.19. The molecule has 18 nitrogen and oxygen atoms in total. The van der Waals surface area contributed by atoms with Gasteiger partial charge in [0.2, 0.25) is 17.7 Å². The number of Topliss-reactive ketones (excluding diaryl/α,β-unsaturated/α-hetero) is 1. The first-order valence-electron chi connectivity index (χ1n) is 21.6. The van der Waals surface area contributed by atoms with Gasteiger partial charge in [-0.25, -0.2) is 0 Å². The van der Waals surface area contributed by atoms with Gasteiger partial charge in [0.25, 0.3) is 0 Å². The van der Waals surface area contributed by atoms with Gasteiger partial charge in [-0.05, 0) is 56.5 Å². The van der Waals surface area contributed by atoms with E-state index in [4.69, 9.17) is 33.2 Å². The minimum atomic E-state index is -5.24. The van der Waals surface area contributed by atoms with E-state index in [1.54, 1.807) is 6.92 Å². The fourth-order valence-electron chi connectivity index (χ4n) is 7.58. The van der Waals surface area contributed by atoms with Crippen LogP contribution in [-0.2, 0) is 61.9 Å². The molecule has 0 aromatic heterocycles. The smallest absolute Gasteiger partial charge is 0.457 e. The lowest BCUT2D eigenvalue weighted by Gasteiger charge is -2.38. The van der Waals surface area contributed by atoms with Gasteiger partial charge in [0.1, 0.15) is 12.1 Å². The summed E-state index contributed by atoms with van der Waals surface area (Å²) in [6.07, 6.45) is -4.96. The second-order valence-corrected chi connectivity index (χ2v) is 18.1. The van der Waals surface area contributed by atoms with Crippen LogP contribution in [0.15, 0.2) is 0 Å². The average Bonchev–Trinajstić information content (AvgIpc) is 3.52. The van der Waals surface area contributed by atoms with Gasteiger partial charge in [-0.1, -0.05) is 34.6 Å². The highest BCUT2D eigenvalue weighted by atomic mass is 19.4. The predicted octanol–water partition coefficient (Wildman–Crippen LogP) is 0.983. The molecule has 2 heterocycles. The van der Waals surface area contributed by atoms with Crippen LogP contribution in [0, 0.1) is 34.5 Å². The molecule has 3 aliphatic rings. The molecule has 7 atom stereocenters. The number of alkyl halides is 3. The van der Waals surface area contributed by atoms with Crippen LogP contribution in [0.1, 0.15) is 54.4 Å². The van der Waals surface area contributed by atoms with Gasteiger partial charge in [0.05, 0.1) is 91.2 Å². The highest BCUT2D eigenvalue weighted by Gasteiger charge is 2.70. The molecule has 0 bridgehead atoms. The largest absolute Gasteiger partial charge is 0.471 e. The number of amides is 4. The Balaban J connectivity index is 1.42. The van der Waals surface area contributed by atoms with Gasteiger partial charge in [-0.2, -0.15) is 13.2 Å². The molecule has 0 aromatic carbocycles. The Morgan fingerprint density at radius 2 is 1.37 bits per heavy atom. The maximum atomic E-state index is 14.1. The minimum absolute atomic E-state index is 0.0251. The van der Waals surface area contributed by atoms with Crippen LogP contribution in [0.2, 0.25) is 0 Å². The Morgan fingerprint density at radius 3 is 1.84 bits per heavy atom. The molecule has 4 amide bonds. The van der Waals surface area contributed by atoms with Crippen molar-refractivity contribution in [2.24, 2.45) is 34.5 Å². The van der Waals surface area contributed by atoms with Crippen LogP contribution >= 0.6 is 0 Å². The Hall–Kier alpha value is -3.47. The first-order valence-corrected chi connectivity index (χ1v) is 21.6. The summed E-state index contributed by atoms with van der Waals surface area (Å²) in [4.78, 5) is 82.2. The lowest BCUT2D eigenvalue weighted by atomic mass is 9.85. The number of likely N-dealkylation sites (tertiary alicyclic amines) is 1. The van der Waals surface area contributed by atoms with E-state index < -0.39 is 83.0 Å². The SMILES string of the molecule is CC(COCCOCCOCCOCCOCCOCCN(C)C)C(=O)OCC(=O)[C@H](C[C@@H]1CCNC1=O)NC(=O)[C@@H]1[C@@H]2[C@H](CN1C(=O)[C@@H](NC(=O)C(F)(F)F)C(C)(C)C)C2(C)C. The second-order valence-electron chi connectivity index (χ2n) is 18.1. The van der Waals surface area contributed by atoms with Crippen LogP contribution in [0.3, 0.4) is 0 Å². The van der Waals surface area contributed by atoms with Crippen LogP contribution in [0.4, 0.5) is 13.2 Å². The fraction of sp³-hybridized carbons (Fsp3) is 0.857. The molecule has 1 aliphatic carbocycles. The van der Waals surface area contributed by atoms with Crippen molar-refractivity contribution in [2.45, 2.75) is 78.7 Å². The van der Waals surface area contributed by atoms with Crippen LogP contribution in [0.5, 0.6) is 0 Å². The summed E-state index contributed by atoms with van der Waals surface area (Å²) >= 11 is 0. The number of esters is 1. The number of nitrogens with one attached hydrogen (secondary N) is 3. The molecule has 2 saturated heterocycles. The van der Waals surface area contributed by atoms with Crippen molar-refractivity contribution in [1.29, 1.82) is 0 Å². The molecule has 0 spiro atoms. The van der Waals surface area contributed by atoms with Crippen molar-refractivity contribution in [3.63, 3.8) is 0 Å². The summed E-state index contributed by atoms with van der Waals surface area (Å²) in [6.45, 7) is 14.9. The summed E-state index contributed by atoms with van der Waals surface area (Å²) in [5.74, 6) is -7.58. The number of ether oxygens (including phenoxy) is 7. The first kappa shape index (κ1) is 53.9. The van der Waals surface area contributed by atoms with E-state index in [0.29, 0.717) is 72.4 Å². The predicted molar refractivity (Wildman–Crippen MR) is 220 cm³/mol. The van der Waals surface area contributed by atoms with Gasteiger partial charge in [0, 0.05) is 25.6 Å². The molecule has 3 fully saturated rings. The normalized spacial score (nSPS) is 22.0. The van der Waals surface area contributed by atoms with E-state index in [0.717, 1.165) is 6.54 Å². The van der Waals surface area contributed by atoms with E-state index >= 15 is 0 Å². The van der Waals surface area contributed by atoms with E-state index in [1.165, 1.54) is 25.7 Å². The number of hydrogen-bond donors (Lipinski definition) is 3. The molecular weight excluding hydrogens is 839 g/mol. The molecule has 1 saturated carbocycles. The highest BCUT2D eigenvalue weighted by molar-refractivity contribution is 5.97. The topological polar surface area (TPSA) is 210 Å². The number of fused-ring (bicyclic) bond motifs is 1. The number of ketones is 1. The number of carbonyl (C=O) groups is 6. The number of likely N-dealkylation sites (N-methyl/N-ethyl adjacent to an activating group) is 1. The quantitative estimate of drug-likeness (QED) is 0.0679. The summed E-state index contributed by atoms with van der Waals surface area (Å²) in [5.41, 5.74) is -1.57. The number of nitrogens with zero attached hydrogens (tertiary/aromatic N) is 2. The van der Waals surface area contributed by atoms with Gasteiger partial charge >= 0.3 is 18.1 Å². The lowest BCUT2D eigenvalue weighted by molar-refractivity contribution is -0.176. The zero-order valence-corrected chi connectivity index (χ0v) is 38.1. The van der Waals surface area contributed by atoms with Crippen molar-refractivity contribution in [3.05, 3.63) is 0 Å². The second kappa shape index (κ2) is 25.3. The van der Waals surface area contributed by atoms with Crippen LogP contribution in [0.25, 0.3) is 0 Å². The van der Waals surface area contributed by atoms with Crippen molar-refractivity contribution in [2.75, 3.05) is 120 Å². The molecule has 362 valence electrons. The molecule has 0 aromatic rings. The monoisotopic (exact) mass is 909 g/mol. The van der Waals surface area contributed by atoms with Crippen LogP contribution < -0.4 is 16.0 Å². The summed E-state index contributed by atoms with van der Waals surface area (Å²) in [6, 6.07) is -4.10. The number of piperidine rings is 1. The Morgan fingerprint density at radius 1 is 0.841 bits per heavy atom. The van der Waals surface area contributed by atoms with Gasteiger partial charge < -0.3 is 58.9 Å². The van der Waals surface area contributed by atoms with E-state index in [-0.39, 0.29) is 50.5 Å². The average molecular weight is 910 g/mol. The lowest BCUT2D eigenvalue weighted by Crippen LogP contribution is -2.61. The molecule has 3 rings (SSSR count). The van der Waals surface area contributed by atoms with Gasteiger partial charge in [-0.15, -0.1) is 0 Å². The molecule has 63 heavy (non-hydrogen) atoms.